The summed E-state index contributed by atoms with van der Waals surface area (Å²) in [7, 11) is 2.01. The quantitative estimate of drug-likeness (QED) is 0.384. The highest BCUT2D eigenvalue weighted by Gasteiger charge is 2.09. The first-order chi connectivity index (χ1) is 7.24. The maximum atomic E-state index is 10.2. The van der Waals surface area contributed by atoms with E-state index in [0.29, 0.717) is 12.9 Å². The maximum absolute atomic E-state index is 10.2. The SMILES string of the molecule is CCOC(=O)CC=O.CNC1CCNC1. The van der Waals surface area contributed by atoms with Crippen molar-refractivity contribution in [1.82, 2.24) is 10.6 Å². The van der Waals surface area contributed by atoms with E-state index in [0.717, 1.165) is 12.6 Å². The van der Waals surface area contributed by atoms with E-state index in [1.807, 2.05) is 7.05 Å². The number of likely N-dealkylation sites (N-methyl/N-ethyl adjacent to an activating group) is 1. The van der Waals surface area contributed by atoms with Crippen LogP contribution in [0.3, 0.4) is 0 Å². The largest absolute Gasteiger partial charge is 0.466 e. The minimum atomic E-state index is -0.456. The molecule has 0 bridgehead atoms. The normalized spacial score (nSPS) is 18.9. The molecule has 88 valence electrons. The van der Waals surface area contributed by atoms with Crippen LogP contribution in [0.4, 0.5) is 0 Å². The molecule has 0 aromatic rings. The fourth-order valence-corrected chi connectivity index (χ4v) is 1.19. The van der Waals surface area contributed by atoms with E-state index in [1.54, 1.807) is 6.92 Å². The van der Waals surface area contributed by atoms with E-state index in [1.165, 1.54) is 13.0 Å². The average Bonchev–Trinajstić information content (AvgIpc) is 2.72. The molecule has 1 aliphatic heterocycles. The fraction of sp³-hybridized carbons (Fsp3) is 0.800. The second-order valence-corrected chi connectivity index (χ2v) is 3.15. The summed E-state index contributed by atoms with van der Waals surface area (Å²) in [6, 6.07) is 0.736. The van der Waals surface area contributed by atoms with E-state index in [9.17, 15) is 9.59 Å². The summed E-state index contributed by atoms with van der Waals surface area (Å²) >= 11 is 0. The summed E-state index contributed by atoms with van der Waals surface area (Å²) in [5.41, 5.74) is 0. The van der Waals surface area contributed by atoms with Crippen LogP contribution in [0, 0.1) is 0 Å². The average molecular weight is 216 g/mol. The van der Waals surface area contributed by atoms with E-state index in [-0.39, 0.29) is 6.42 Å². The van der Waals surface area contributed by atoms with Crippen LogP contribution in [0.5, 0.6) is 0 Å². The number of hydrogen-bond donors (Lipinski definition) is 2. The third-order valence-corrected chi connectivity index (χ3v) is 2.02. The Morgan fingerprint density at radius 1 is 1.67 bits per heavy atom. The zero-order valence-corrected chi connectivity index (χ0v) is 9.41. The first kappa shape index (κ1) is 14.1. The zero-order valence-electron chi connectivity index (χ0n) is 9.41. The predicted molar refractivity (Wildman–Crippen MR) is 57.6 cm³/mol. The third-order valence-electron chi connectivity index (χ3n) is 2.02. The molecular weight excluding hydrogens is 196 g/mol. The molecule has 1 saturated heterocycles. The number of nitrogens with one attached hydrogen (secondary N) is 2. The van der Waals surface area contributed by atoms with Crippen molar-refractivity contribution >= 4 is 12.3 Å². The van der Waals surface area contributed by atoms with Crippen LogP contribution < -0.4 is 10.6 Å². The van der Waals surface area contributed by atoms with Gasteiger partial charge in [0.25, 0.3) is 0 Å². The van der Waals surface area contributed by atoms with E-state index in [4.69, 9.17) is 0 Å². The van der Waals surface area contributed by atoms with Gasteiger partial charge in [-0.2, -0.15) is 0 Å². The topological polar surface area (TPSA) is 67.4 Å². The number of ether oxygens (including phenoxy) is 1. The van der Waals surface area contributed by atoms with Gasteiger partial charge in [-0.25, -0.2) is 0 Å². The molecule has 2 N–H and O–H groups in total. The van der Waals surface area contributed by atoms with Crippen LogP contribution in [0.1, 0.15) is 19.8 Å². The smallest absolute Gasteiger partial charge is 0.312 e. The Bertz CT molecular complexity index is 180. The minimum Gasteiger partial charge on any atom is -0.466 e. The summed E-state index contributed by atoms with van der Waals surface area (Å²) in [6.45, 7) is 4.37. The van der Waals surface area contributed by atoms with Crippen LogP contribution >= 0.6 is 0 Å². The molecule has 1 aliphatic rings. The van der Waals surface area contributed by atoms with Gasteiger partial charge >= 0.3 is 5.97 Å². The Labute approximate surface area is 90.6 Å². The van der Waals surface area contributed by atoms with Gasteiger partial charge in [0.2, 0.25) is 0 Å². The first-order valence-electron chi connectivity index (χ1n) is 5.21. The highest BCUT2D eigenvalue weighted by Crippen LogP contribution is 1.93. The Morgan fingerprint density at radius 3 is 2.73 bits per heavy atom. The fourth-order valence-electron chi connectivity index (χ4n) is 1.19. The molecule has 15 heavy (non-hydrogen) atoms. The van der Waals surface area contributed by atoms with Crippen LogP contribution in [-0.4, -0.2) is 45.0 Å². The van der Waals surface area contributed by atoms with E-state index in [2.05, 4.69) is 15.4 Å². The molecule has 0 saturated carbocycles. The summed E-state index contributed by atoms with van der Waals surface area (Å²) in [4.78, 5) is 19.8. The van der Waals surface area contributed by atoms with Crippen molar-refractivity contribution in [2.24, 2.45) is 0 Å². The van der Waals surface area contributed by atoms with Crippen molar-refractivity contribution in [3.05, 3.63) is 0 Å². The standard InChI is InChI=1S/C5H12N2.C5H8O3/c1-6-5-2-3-7-4-5;1-2-8-5(7)3-4-6/h5-7H,2-4H2,1H3;4H,2-3H2,1H3. The van der Waals surface area contributed by atoms with Crippen molar-refractivity contribution in [3.8, 4) is 0 Å². The molecule has 1 heterocycles. The number of carbonyl (C=O) groups is 2. The van der Waals surface area contributed by atoms with Crippen molar-refractivity contribution < 1.29 is 14.3 Å². The van der Waals surface area contributed by atoms with Gasteiger partial charge in [0, 0.05) is 12.6 Å². The van der Waals surface area contributed by atoms with Crippen LogP contribution in [0.25, 0.3) is 0 Å². The Kier molecular flexibility index (Phi) is 9.01. The van der Waals surface area contributed by atoms with E-state index < -0.39 is 5.97 Å². The molecule has 0 aromatic heterocycles. The van der Waals surface area contributed by atoms with Gasteiger partial charge in [-0.1, -0.05) is 0 Å². The van der Waals surface area contributed by atoms with Crippen LogP contribution in [0.15, 0.2) is 0 Å². The molecule has 0 aromatic carbocycles. The van der Waals surface area contributed by atoms with Gasteiger partial charge in [0.1, 0.15) is 12.7 Å². The lowest BCUT2D eigenvalue weighted by molar-refractivity contribution is -0.143. The van der Waals surface area contributed by atoms with Gasteiger partial charge in [0.15, 0.2) is 0 Å². The molecule has 0 amide bonds. The molecule has 0 radical (unpaired) electrons. The molecule has 0 aliphatic carbocycles. The molecule has 1 atom stereocenters. The number of rotatable bonds is 4. The van der Waals surface area contributed by atoms with Crippen molar-refractivity contribution in [3.63, 3.8) is 0 Å². The summed E-state index contributed by atoms with van der Waals surface area (Å²) < 4.78 is 4.41. The molecule has 5 heteroatoms. The highest BCUT2D eigenvalue weighted by molar-refractivity contribution is 5.83. The molecule has 1 fully saturated rings. The maximum Gasteiger partial charge on any atom is 0.312 e. The second kappa shape index (κ2) is 9.61. The number of aldehydes is 1. The Morgan fingerprint density at radius 2 is 2.40 bits per heavy atom. The Hall–Kier alpha value is -0.940. The van der Waals surface area contributed by atoms with Gasteiger partial charge in [0.05, 0.1) is 6.61 Å². The Balaban J connectivity index is 0.000000262. The third kappa shape index (κ3) is 8.08. The predicted octanol–water partition coefficient (Wildman–Crippen LogP) is -0.294. The van der Waals surface area contributed by atoms with Crippen molar-refractivity contribution in [2.75, 3.05) is 26.7 Å². The highest BCUT2D eigenvalue weighted by atomic mass is 16.5. The molecular formula is C10H20N2O3. The van der Waals surface area contributed by atoms with Crippen molar-refractivity contribution in [1.29, 1.82) is 0 Å². The molecule has 0 spiro atoms. The zero-order chi connectivity index (χ0) is 11.5. The van der Waals surface area contributed by atoms with Crippen molar-refractivity contribution in [2.45, 2.75) is 25.8 Å². The van der Waals surface area contributed by atoms with Crippen LogP contribution in [0.2, 0.25) is 0 Å². The summed E-state index contributed by atoms with van der Waals surface area (Å²) in [6.07, 6.45) is 1.68. The van der Waals surface area contributed by atoms with Gasteiger partial charge < -0.3 is 20.2 Å². The molecule has 5 nitrogen and oxygen atoms in total. The monoisotopic (exact) mass is 216 g/mol. The first-order valence-corrected chi connectivity index (χ1v) is 5.21. The van der Waals surface area contributed by atoms with Crippen LogP contribution in [-0.2, 0) is 14.3 Å². The van der Waals surface area contributed by atoms with E-state index >= 15 is 0 Å². The van der Waals surface area contributed by atoms with Gasteiger partial charge in [-0.05, 0) is 26.9 Å². The lowest BCUT2D eigenvalue weighted by Gasteiger charge is -2.02. The second-order valence-electron chi connectivity index (χ2n) is 3.15. The number of hydrogen-bond acceptors (Lipinski definition) is 5. The lowest BCUT2D eigenvalue weighted by Crippen LogP contribution is -2.26. The van der Waals surface area contributed by atoms with Gasteiger partial charge in [-0.15, -0.1) is 0 Å². The summed E-state index contributed by atoms with van der Waals surface area (Å²) in [5, 5.41) is 6.46. The number of carbonyl (C=O) groups excluding carboxylic acids is 2. The number of esters is 1. The summed E-state index contributed by atoms with van der Waals surface area (Å²) in [5.74, 6) is -0.456. The molecule has 1 unspecified atom stereocenters. The van der Waals surface area contributed by atoms with Gasteiger partial charge in [-0.3, -0.25) is 4.79 Å². The molecule has 1 rings (SSSR count). The lowest BCUT2D eigenvalue weighted by atomic mass is 10.3. The minimum absolute atomic E-state index is 0.131.